The largest absolute Gasteiger partial charge is 0.288 e. The minimum absolute atomic E-state index is 0.0918. The monoisotopic (exact) mass is 312 g/mol. The van der Waals surface area contributed by atoms with E-state index < -0.39 is 0 Å². The fourth-order valence-corrected chi connectivity index (χ4v) is 4.08. The van der Waals surface area contributed by atoms with Gasteiger partial charge in [-0.25, -0.2) is 0 Å². The van der Waals surface area contributed by atoms with Crippen LogP contribution in [0.2, 0.25) is 12.6 Å². The Bertz CT molecular complexity index is 228. The molecule has 21 heavy (non-hydrogen) atoms. The minimum atomic E-state index is 0.0918. The van der Waals surface area contributed by atoms with Crippen molar-refractivity contribution in [1.29, 1.82) is 0 Å². The maximum Gasteiger partial charge on any atom is 0.0660 e. The van der Waals surface area contributed by atoms with Gasteiger partial charge < -0.3 is 0 Å². The van der Waals surface area contributed by atoms with E-state index in [1.54, 1.807) is 0 Å². The molecule has 0 radical (unpaired) electrons. The molecule has 0 fully saturated rings. The lowest BCUT2D eigenvalue weighted by molar-refractivity contribution is 0.0411. The summed E-state index contributed by atoms with van der Waals surface area (Å²) in [5, 5.41) is 0. The Kier molecular flexibility index (Phi) is 13.5. The molecule has 3 heteroatoms. The molecule has 0 aliphatic carbocycles. The highest BCUT2D eigenvalue weighted by Gasteiger charge is 2.23. The van der Waals surface area contributed by atoms with Gasteiger partial charge in [-0.15, -0.1) is 6.58 Å². The Labute approximate surface area is 136 Å². The van der Waals surface area contributed by atoms with Gasteiger partial charge in [0.05, 0.1) is 6.17 Å². The number of rotatable bonds is 14. The van der Waals surface area contributed by atoms with Crippen molar-refractivity contribution in [2.24, 2.45) is 0 Å². The SMILES string of the molecule is C=C(C[SiH2]C)CC(N(CCC)CCC)N(CCC)CCC. The summed E-state index contributed by atoms with van der Waals surface area (Å²) in [6.07, 6.45) is 6.75. The molecule has 0 saturated heterocycles. The molecular weight excluding hydrogens is 272 g/mol. The first kappa shape index (κ1) is 20.9. The lowest BCUT2D eigenvalue weighted by Crippen LogP contribution is -2.49. The van der Waals surface area contributed by atoms with E-state index in [4.69, 9.17) is 0 Å². The Balaban J connectivity index is 5.02. The van der Waals surface area contributed by atoms with Crippen LogP contribution >= 0.6 is 0 Å². The Morgan fingerprint density at radius 2 is 1.24 bits per heavy atom. The Hall–Kier alpha value is -0.123. The fraction of sp³-hybridized carbons (Fsp3) is 0.889. The van der Waals surface area contributed by atoms with E-state index in [2.05, 4.69) is 50.6 Å². The van der Waals surface area contributed by atoms with Crippen LogP contribution in [0.15, 0.2) is 12.2 Å². The molecule has 0 bridgehead atoms. The number of nitrogens with zero attached hydrogens (tertiary/aromatic N) is 2. The van der Waals surface area contributed by atoms with Crippen molar-refractivity contribution in [3.8, 4) is 0 Å². The third-order valence-electron chi connectivity index (χ3n) is 3.96. The van der Waals surface area contributed by atoms with Crippen molar-refractivity contribution in [1.82, 2.24) is 9.80 Å². The molecule has 0 atom stereocenters. The van der Waals surface area contributed by atoms with Crippen LogP contribution in [0.1, 0.15) is 59.8 Å². The van der Waals surface area contributed by atoms with E-state index in [1.807, 2.05) is 0 Å². The normalized spacial score (nSPS) is 12.4. The lowest BCUT2D eigenvalue weighted by Gasteiger charge is -2.40. The molecule has 0 unspecified atom stereocenters. The molecule has 0 aromatic carbocycles. The van der Waals surface area contributed by atoms with E-state index in [0.29, 0.717) is 6.17 Å². The third kappa shape index (κ3) is 8.79. The second kappa shape index (κ2) is 13.5. The highest BCUT2D eigenvalue weighted by molar-refractivity contribution is 6.34. The minimum Gasteiger partial charge on any atom is -0.288 e. The van der Waals surface area contributed by atoms with Gasteiger partial charge in [0.25, 0.3) is 0 Å². The number of hydrogen-bond donors (Lipinski definition) is 0. The van der Waals surface area contributed by atoms with Crippen LogP contribution < -0.4 is 0 Å². The Morgan fingerprint density at radius 1 is 0.857 bits per heavy atom. The van der Waals surface area contributed by atoms with Gasteiger partial charge in [-0.1, -0.05) is 39.8 Å². The van der Waals surface area contributed by atoms with Crippen molar-refractivity contribution in [2.75, 3.05) is 26.2 Å². The van der Waals surface area contributed by atoms with Gasteiger partial charge in [0.15, 0.2) is 0 Å². The van der Waals surface area contributed by atoms with Crippen molar-refractivity contribution in [3.05, 3.63) is 12.2 Å². The highest BCUT2D eigenvalue weighted by Crippen LogP contribution is 2.19. The lowest BCUT2D eigenvalue weighted by atomic mass is 10.1. The molecule has 0 N–H and O–H groups in total. The first-order valence-corrected chi connectivity index (χ1v) is 11.7. The molecule has 0 aliphatic rings. The van der Waals surface area contributed by atoms with Crippen LogP contribution in [-0.4, -0.2) is 51.7 Å². The fourth-order valence-electron chi connectivity index (χ4n) is 3.17. The van der Waals surface area contributed by atoms with Crippen LogP contribution in [0.5, 0.6) is 0 Å². The molecule has 0 rings (SSSR count). The van der Waals surface area contributed by atoms with E-state index in [0.717, 1.165) is 0 Å². The second-order valence-corrected chi connectivity index (χ2v) is 7.76. The summed E-state index contributed by atoms with van der Waals surface area (Å²) < 4.78 is 0. The molecule has 126 valence electrons. The molecule has 0 saturated carbocycles. The van der Waals surface area contributed by atoms with Crippen LogP contribution in [0.4, 0.5) is 0 Å². The highest BCUT2D eigenvalue weighted by atomic mass is 28.2. The maximum absolute atomic E-state index is 4.37. The van der Waals surface area contributed by atoms with Crippen molar-refractivity contribution >= 4 is 9.52 Å². The zero-order chi connectivity index (χ0) is 16.1. The number of hydrogen-bond acceptors (Lipinski definition) is 2. The predicted molar refractivity (Wildman–Crippen MR) is 101 cm³/mol. The summed E-state index contributed by atoms with van der Waals surface area (Å²) in [6, 6.07) is 1.31. The molecule has 0 heterocycles. The summed E-state index contributed by atoms with van der Waals surface area (Å²) in [6.45, 7) is 20.9. The molecule has 0 aliphatic heterocycles. The summed E-state index contributed by atoms with van der Waals surface area (Å²) in [5.74, 6) is 0. The predicted octanol–water partition coefficient (Wildman–Crippen LogP) is 4.14. The average molecular weight is 313 g/mol. The first-order valence-electron chi connectivity index (χ1n) is 9.29. The molecule has 0 amide bonds. The van der Waals surface area contributed by atoms with Crippen molar-refractivity contribution < 1.29 is 0 Å². The quantitative estimate of drug-likeness (QED) is 0.270. The van der Waals surface area contributed by atoms with Crippen LogP contribution in [0.3, 0.4) is 0 Å². The summed E-state index contributed by atoms with van der Waals surface area (Å²) in [4.78, 5) is 5.43. The van der Waals surface area contributed by atoms with Gasteiger partial charge in [0, 0.05) is 9.52 Å². The maximum atomic E-state index is 4.37. The Morgan fingerprint density at radius 3 is 1.52 bits per heavy atom. The average Bonchev–Trinajstić information content (AvgIpc) is 2.45. The van der Waals surface area contributed by atoms with Crippen molar-refractivity contribution in [3.63, 3.8) is 0 Å². The van der Waals surface area contributed by atoms with Gasteiger partial charge >= 0.3 is 0 Å². The van der Waals surface area contributed by atoms with E-state index in [-0.39, 0.29) is 9.52 Å². The van der Waals surface area contributed by atoms with Crippen LogP contribution in [-0.2, 0) is 0 Å². The zero-order valence-electron chi connectivity index (χ0n) is 15.5. The molecular formula is C18H40N2Si. The van der Waals surface area contributed by atoms with E-state index in [9.17, 15) is 0 Å². The third-order valence-corrected chi connectivity index (χ3v) is 5.17. The first-order chi connectivity index (χ1) is 10.1. The van der Waals surface area contributed by atoms with Gasteiger partial charge in [0.2, 0.25) is 0 Å². The summed E-state index contributed by atoms with van der Waals surface area (Å²) >= 11 is 0. The summed E-state index contributed by atoms with van der Waals surface area (Å²) in [5.41, 5.74) is 1.49. The molecule has 0 aromatic rings. The van der Waals surface area contributed by atoms with E-state index in [1.165, 1.54) is 69.9 Å². The topological polar surface area (TPSA) is 6.48 Å². The van der Waals surface area contributed by atoms with Crippen LogP contribution in [0, 0.1) is 0 Å². The van der Waals surface area contributed by atoms with Gasteiger partial charge in [0.1, 0.15) is 0 Å². The molecule has 2 nitrogen and oxygen atoms in total. The molecule has 0 spiro atoms. The summed E-state index contributed by atoms with van der Waals surface area (Å²) in [7, 11) is 0.0918. The van der Waals surface area contributed by atoms with E-state index >= 15 is 0 Å². The standard InChI is InChI=1S/C18H40N2Si/c1-7-11-19(12-8-2)18(15-17(5)16-21-6)20(13-9-3)14-10-4/h18H,5,7-16,21H2,1-4,6H3. The van der Waals surface area contributed by atoms with Gasteiger partial charge in [-0.2, -0.15) is 0 Å². The van der Waals surface area contributed by atoms with Crippen molar-refractivity contribution in [2.45, 2.75) is 78.6 Å². The van der Waals surface area contributed by atoms with Gasteiger partial charge in [-0.05, 0) is 64.3 Å². The molecule has 0 aromatic heterocycles. The smallest absolute Gasteiger partial charge is 0.0660 e. The second-order valence-electron chi connectivity index (χ2n) is 6.26. The van der Waals surface area contributed by atoms with Gasteiger partial charge in [-0.3, -0.25) is 9.80 Å². The van der Waals surface area contributed by atoms with Crippen LogP contribution in [0.25, 0.3) is 0 Å². The zero-order valence-corrected chi connectivity index (χ0v) is 16.9.